The number of carbonyl (C=O) groups is 1. The van der Waals surface area contributed by atoms with Crippen LogP contribution in [0.25, 0.3) is 0 Å². The van der Waals surface area contributed by atoms with Gasteiger partial charge in [-0.25, -0.2) is 4.39 Å². The molecule has 0 bridgehead atoms. The van der Waals surface area contributed by atoms with Gasteiger partial charge in [0, 0.05) is 20.0 Å². The van der Waals surface area contributed by atoms with Gasteiger partial charge in [0.05, 0.1) is 5.56 Å². The Bertz CT molecular complexity index is 1190. The number of carbonyl (C=O) groups excluding carboxylic acids is 1. The molecule has 0 atom stereocenters. The van der Waals surface area contributed by atoms with Crippen molar-refractivity contribution in [2.24, 2.45) is 17.2 Å². The number of anilines is 1. The summed E-state index contributed by atoms with van der Waals surface area (Å²) in [5, 5.41) is 8.91. The van der Waals surface area contributed by atoms with E-state index >= 15 is 0 Å². The minimum absolute atomic E-state index is 0.233. The predicted molar refractivity (Wildman–Crippen MR) is 93.2 cm³/mol. The van der Waals surface area contributed by atoms with Crippen LogP contribution in [0.15, 0.2) is 39.8 Å². The van der Waals surface area contributed by atoms with Crippen LogP contribution >= 0.6 is 0 Å². The third-order valence-corrected chi connectivity index (χ3v) is 6.96. The van der Waals surface area contributed by atoms with Crippen LogP contribution in [-0.2, 0) is 27.3 Å². The number of amides is 1. The van der Waals surface area contributed by atoms with E-state index in [-0.39, 0.29) is 9.40 Å². The highest BCUT2D eigenvalue weighted by atomic mass is 32.3. The third kappa shape index (κ3) is 3.39. The molecular weight excluding hydrogens is 401 g/mol. The zero-order valence-electron chi connectivity index (χ0n) is 13.7. The molecular formula is C14H12FN5O5S2. The molecule has 0 aliphatic rings. The van der Waals surface area contributed by atoms with E-state index in [4.69, 9.17) is 11.0 Å². The van der Waals surface area contributed by atoms with Gasteiger partial charge in [-0.1, -0.05) is 6.07 Å². The van der Waals surface area contributed by atoms with Gasteiger partial charge >= 0.3 is 10.2 Å². The lowest BCUT2D eigenvalue weighted by Gasteiger charge is -2.21. The Balaban J connectivity index is 2.84. The van der Waals surface area contributed by atoms with Crippen molar-refractivity contribution in [2.45, 2.75) is 4.90 Å². The van der Waals surface area contributed by atoms with E-state index in [9.17, 15) is 26.0 Å². The molecule has 0 aliphatic heterocycles. The number of nitrogens with zero attached hydrogens (tertiary/aromatic N) is 4. The number of rotatable bonds is 6. The highest BCUT2D eigenvalue weighted by Crippen LogP contribution is 2.31. The van der Waals surface area contributed by atoms with Crippen LogP contribution in [0.3, 0.4) is 0 Å². The number of primary amides is 1. The number of hydrogen-bond donors (Lipinski definition) is 1. The second-order valence-corrected chi connectivity index (χ2v) is 8.63. The molecule has 0 saturated carbocycles. The molecule has 0 unspecified atom stereocenters. The monoisotopic (exact) mass is 413 g/mol. The van der Waals surface area contributed by atoms with Gasteiger partial charge in [0.2, 0.25) is 0 Å². The fourth-order valence-corrected chi connectivity index (χ4v) is 5.22. The molecule has 13 heteroatoms. The number of benzene rings is 1. The molecule has 2 N–H and O–H groups in total. The van der Waals surface area contributed by atoms with Gasteiger partial charge in [-0.05, 0) is 18.2 Å². The van der Waals surface area contributed by atoms with Gasteiger partial charge in [-0.3, -0.25) is 4.79 Å². The van der Waals surface area contributed by atoms with Gasteiger partial charge < -0.3 is 10.3 Å². The van der Waals surface area contributed by atoms with E-state index in [0.29, 0.717) is 0 Å². The summed E-state index contributed by atoms with van der Waals surface area (Å²) in [5.41, 5.74) is 3.35. The van der Waals surface area contributed by atoms with Crippen molar-refractivity contribution < 1.29 is 26.0 Å². The first-order valence-electron chi connectivity index (χ1n) is 6.90. The zero-order valence-corrected chi connectivity index (χ0v) is 15.3. The second-order valence-electron chi connectivity index (χ2n) is 5.10. The molecule has 0 aliphatic carbocycles. The van der Waals surface area contributed by atoms with Crippen LogP contribution in [0.4, 0.5) is 10.1 Å². The van der Waals surface area contributed by atoms with Crippen LogP contribution in [0.5, 0.6) is 0 Å². The summed E-state index contributed by atoms with van der Waals surface area (Å²) < 4.78 is 68.4. The summed E-state index contributed by atoms with van der Waals surface area (Å²) in [6.07, 6.45) is 0.924. The molecule has 27 heavy (non-hydrogen) atoms. The molecule has 1 heterocycles. The van der Waals surface area contributed by atoms with E-state index in [1.54, 1.807) is 0 Å². The van der Waals surface area contributed by atoms with Gasteiger partial charge in [-0.15, -0.1) is 3.71 Å². The summed E-state index contributed by atoms with van der Waals surface area (Å²) in [4.78, 5) is 10.7. The molecule has 0 fully saturated rings. The zero-order chi connectivity index (χ0) is 20.6. The van der Waals surface area contributed by atoms with Gasteiger partial charge in [0.1, 0.15) is 22.3 Å². The fraction of sp³-hybridized carbons (Fsp3) is 0.0714. The number of halogens is 1. The maximum Gasteiger partial charge on any atom is 0.357 e. The molecule has 1 amide bonds. The smallest absolute Gasteiger partial charge is 0.357 e. The maximum atomic E-state index is 14.5. The first-order chi connectivity index (χ1) is 12.5. The van der Waals surface area contributed by atoms with Gasteiger partial charge in [0.25, 0.3) is 15.9 Å². The number of aryl methyl sites for hydroxylation is 1. The molecule has 0 saturated heterocycles. The van der Waals surface area contributed by atoms with Crippen LogP contribution in [0.1, 0.15) is 16.1 Å². The average molecular weight is 413 g/mol. The molecule has 142 valence electrons. The van der Waals surface area contributed by atoms with E-state index in [2.05, 4.69) is 11.1 Å². The Morgan fingerprint density at radius 2 is 2.00 bits per heavy atom. The highest BCUT2D eigenvalue weighted by molar-refractivity contribution is 8.09. The van der Waals surface area contributed by atoms with Crippen molar-refractivity contribution in [3.05, 3.63) is 47.5 Å². The standard InChI is InChI=1S/C14H12FN5O5S2/c1-18-27(24,25)20(11-5-3-4-9(7-16)13(11)15)26(22,23)10-6-12(14(17)21)19(2)8-10/h3-6,8H,1H2,2H3,(H2,17,21). The van der Waals surface area contributed by atoms with E-state index < -0.39 is 48.1 Å². The largest absolute Gasteiger partial charge is 0.364 e. The topological polar surface area (TPSA) is 156 Å². The Morgan fingerprint density at radius 3 is 2.48 bits per heavy atom. The van der Waals surface area contributed by atoms with Crippen LogP contribution in [0.2, 0.25) is 0 Å². The van der Waals surface area contributed by atoms with E-state index in [1.165, 1.54) is 13.1 Å². The maximum absolute atomic E-state index is 14.5. The third-order valence-electron chi connectivity index (χ3n) is 3.42. The SMILES string of the molecule is C=NS(=O)(=O)N(c1cccc(C#N)c1F)S(=O)(=O)c1cc(C(N)=O)n(C)c1. The summed E-state index contributed by atoms with van der Waals surface area (Å²) in [5.74, 6) is -2.35. The summed E-state index contributed by atoms with van der Waals surface area (Å²) in [7, 11) is -8.67. The number of hydrogen-bond acceptors (Lipinski definition) is 6. The molecule has 10 nitrogen and oxygen atoms in total. The van der Waals surface area contributed by atoms with Crippen LogP contribution in [-0.4, -0.2) is 34.0 Å². The van der Waals surface area contributed by atoms with Gasteiger partial charge in [0.15, 0.2) is 5.82 Å². The lowest BCUT2D eigenvalue weighted by Crippen LogP contribution is -2.36. The Hall–Kier alpha value is -3.24. The van der Waals surface area contributed by atoms with Crippen molar-refractivity contribution >= 4 is 38.5 Å². The Morgan fingerprint density at radius 1 is 1.37 bits per heavy atom. The summed E-state index contributed by atoms with van der Waals surface area (Å²) in [6, 6.07) is 5.28. The average Bonchev–Trinajstić information content (AvgIpc) is 2.99. The quantitative estimate of drug-likeness (QED) is 0.670. The van der Waals surface area contributed by atoms with Crippen LogP contribution < -0.4 is 9.44 Å². The first kappa shape index (κ1) is 20.1. The minimum atomic E-state index is -5.01. The number of nitrogens with two attached hydrogens (primary N) is 1. The van der Waals surface area contributed by atoms with Crippen LogP contribution in [0, 0.1) is 17.1 Å². The van der Waals surface area contributed by atoms with Crippen molar-refractivity contribution in [3.63, 3.8) is 0 Å². The molecule has 2 aromatic rings. The second kappa shape index (κ2) is 6.82. The summed E-state index contributed by atoms with van der Waals surface area (Å²) >= 11 is 0. The van der Waals surface area contributed by atoms with Crippen molar-refractivity contribution in [1.29, 1.82) is 5.26 Å². The van der Waals surface area contributed by atoms with Crippen molar-refractivity contribution in [3.8, 4) is 6.07 Å². The number of aromatic nitrogens is 1. The summed E-state index contributed by atoms with van der Waals surface area (Å²) in [6.45, 7) is 2.80. The lowest BCUT2D eigenvalue weighted by molar-refractivity contribution is 0.0992. The van der Waals surface area contributed by atoms with Crippen molar-refractivity contribution in [2.75, 3.05) is 3.71 Å². The van der Waals surface area contributed by atoms with E-state index in [0.717, 1.165) is 35.0 Å². The lowest BCUT2D eigenvalue weighted by atomic mass is 10.2. The predicted octanol–water partition coefficient (Wildman–Crippen LogP) is 0.275. The number of nitriles is 1. The van der Waals surface area contributed by atoms with Crippen molar-refractivity contribution in [1.82, 2.24) is 4.57 Å². The molecule has 1 aromatic carbocycles. The molecule has 1 aromatic heterocycles. The van der Waals surface area contributed by atoms with E-state index in [1.807, 2.05) is 0 Å². The molecule has 0 spiro atoms. The highest BCUT2D eigenvalue weighted by Gasteiger charge is 2.38. The normalized spacial score (nSPS) is 11.6. The fourth-order valence-electron chi connectivity index (χ4n) is 2.19. The molecule has 2 rings (SSSR count). The molecule has 0 radical (unpaired) electrons. The van der Waals surface area contributed by atoms with Gasteiger partial charge in [-0.2, -0.15) is 26.5 Å². The number of sulfonamides is 1. The minimum Gasteiger partial charge on any atom is -0.364 e. The Kier molecular flexibility index (Phi) is 5.07. The Labute approximate surface area is 154 Å². The first-order valence-corrected chi connectivity index (χ1v) is 9.74.